The van der Waals surface area contributed by atoms with Gasteiger partial charge in [-0.1, -0.05) is 64.7 Å². The fraction of sp³-hybridized carbons (Fsp3) is 0.818. The quantitative estimate of drug-likeness (QED) is 0.226. The van der Waals surface area contributed by atoms with Crippen LogP contribution in [0, 0.1) is 0 Å². The maximum atomic E-state index is 11.2. The molecule has 0 aromatic carbocycles. The maximum Gasteiger partial charge on any atom is 0.303 e. The van der Waals surface area contributed by atoms with Gasteiger partial charge < -0.3 is 18.9 Å². The fourth-order valence-electron chi connectivity index (χ4n) is 3.14. The zero-order valence-electron chi connectivity index (χ0n) is 17.8. The van der Waals surface area contributed by atoms with Gasteiger partial charge in [0.1, 0.15) is 18.8 Å². The van der Waals surface area contributed by atoms with Gasteiger partial charge in [0.2, 0.25) is 0 Å². The van der Waals surface area contributed by atoms with Crippen LogP contribution >= 0.6 is 0 Å². The average molecular weight is 399 g/mol. The largest absolute Gasteiger partial charge is 0.463 e. The highest BCUT2D eigenvalue weighted by molar-refractivity contribution is 5.66. The topological polar surface area (TPSA) is 71.1 Å². The summed E-state index contributed by atoms with van der Waals surface area (Å²) < 4.78 is 21.7. The van der Waals surface area contributed by atoms with E-state index in [-0.39, 0.29) is 6.61 Å². The monoisotopic (exact) mass is 398 g/mol. The summed E-state index contributed by atoms with van der Waals surface area (Å²) in [4.78, 5) is 22.3. The fourth-order valence-corrected chi connectivity index (χ4v) is 3.14. The molecule has 0 aromatic rings. The van der Waals surface area contributed by atoms with E-state index in [9.17, 15) is 9.59 Å². The first-order valence-corrected chi connectivity index (χ1v) is 10.8. The predicted molar refractivity (Wildman–Crippen MR) is 108 cm³/mol. The van der Waals surface area contributed by atoms with Crippen LogP contribution in [-0.4, -0.2) is 43.7 Å². The van der Waals surface area contributed by atoms with Gasteiger partial charge in [0.15, 0.2) is 6.29 Å². The molecular formula is C22H38O6. The minimum Gasteiger partial charge on any atom is -0.463 e. The number of esters is 2. The molecule has 0 radical (unpaired) electrons. The molecule has 1 aliphatic rings. The van der Waals surface area contributed by atoms with Crippen LogP contribution in [0.25, 0.3) is 0 Å². The number of hydrogen-bond donors (Lipinski definition) is 0. The molecule has 162 valence electrons. The lowest BCUT2D eigenvalue weighted by atomic mass is 10.1. The summed E-state index contributed by atoms with van der Waals surface area (Å²) in [6.45, 7) is 5.55. The molecule has 6 nitrogen and oxygen atoms in total. The third-order valence-electron chi connectivity index (χ3n) is 4.67. The summed E-state index contributed by atoms with van der Waals surface area (Å²) >= 11 is 0. The Bertz CT molecular complexity index is 462. The Hall–Kier alpha value is -1.40. The van der Waals surface area contributed by atoms with Crippen molar-refractivity contribution < 1.29 is 28.5 Å². The first-order valence-electron chi connectivity index (χ1n) is 10.8. The van der Waals surface area contributed by atoms with Gasteiger partial charge in [0.25, 0.3) is 0 Å². The van der Waals surface area contributed by atoms with Crippen molar-refractivity contribution in [1.29, 1.82) is 0 Å². The Labute approximate surface area is 169 Å². The normalized spacial score (nSPS) is 21.5. The number of unbranched alkanes of at least 4 members (excludes halogenated alkanes) is 9. The van der Waals surface area contributed by atoms with E-state index in [0.717, 1.165) is 12.8 Å². The molecule has 0 fully saturated rings. The molecule has 1 rings (SSSR count). The second kappa shape index (κ2) is 15.5. The summed E-state index contributed by atoms with van der Waals surface area (Å²) in [5, 5.41) is 0. The third kappa shape index (κ3) is 12.1. The van der Waals surface area contributed by atoms with E-state index in [1.54, 1.807) is 12.2 Å². The molecule has 0 N–H and O–H groups in total. The van der Waals surface area contributed by atoms with Crippen molar-refractivity contribution in [2.45, 2.75) is 103 Å². The lowest BCUT2D eigenvalue weighted by molar-refractivity contribution is -0.197. The summed E-state index contributed by atoms with van der Waals surface area (Å²) in [5.74, 6) is -0.807. The number of ether oxygens (including phenoxy) is 4. The predicted octanol–water partition coefficient (Wildman–Crippen LogP) is 4.70. The zero-order valence-corrected chi connectivity index (χ0v) is 17.8. The van der Waals surface area contributed by atoms with Gasteiger partial charge in [-0.3, -0.25) is 9.59 Å². The molecule has 0 aliphatic carbocycles. The molecule has 1 heterocycles. The Morgan fingerprint density at radius 1 is 0.857 bits per heavy atom. The van der Waals surface area contributed by atoms with Gasteiger partial charge in [-0.15, -0.1) is 0 Å². The van der Waals surface area contributed by atoms with Gasteiger partial charge in [-0.25, -0.2) is 0 Å². The second-order valence-corrected chi connectivity index (χ2v) is 7.36. The number of hydrogen-bond acceptors (Lipinski definition) is 6. The van der Waals surface area contributed by atoms with Crippen molar-refractivity contribution in [3.05, 3.63) is 12.2 Å². The van der Waals surface area contributed by atoms with Crippen LogP contribution in [0.4, 0.5) is 0 Å². The van der Waals surface area contributed by atoms with Crippen LogP contribution in [0.1, 0.15) is 85.0 Å². The molecule has 0 spiro atoms. The molecule has 0 saturated heterocycles. The van der Waals surface area contributed by atoms with Crippen molar-refractivity contribution >= 4 is 11.9 Å². The molecule has 0 bridgehead atoms. The lowest BCUT2D eigenvalue weighted by Gasteiger charge is -2.31. The maximum absolute atomic E-state index is 11.2. The van der Waals surface area contributed by atoms with Gasteiger partial charge in [0, 0.05) is 13.8 Å². The SMILES string of the molecule is CCCCCCCCCCCCO[C@@H]1C=C[C@H](OC(C)=O)[C@@H](COC(C)=O)O1. The van der Waals surface area contributed by atoms with Gasteiger partial charge in [-0.05, 0) is 18.6 Å². The Morgan fingerprint density at radius 2 is 1.46 bits per heavy atom. The van der Waals surface area contributed by atoms with Crippen LogP contribution in [-0.2, 0) is 28.5 Å². The molecule has 0 amide bonds. The highest BCUT2D eigenvalue weighted by Crippen LogP contribution is 2.18. The molecule has 3 atom stereocenters. The van der Waals surface area contributed by atoms with E-state index in [4.69, 9.17) is 18.9 Å². The van der Waals surface area contributed by atoms with E-state index in [2.05, 4.69) is 6.92 Å². The van der Waals surface area contributed by atoms with Crippen molar-refractivity contribution in [2.24, 2.45) is 0 Å². The molecule has 1 aliphatic heterocycles. The molecule has 0 saturated carbocycles. The molecule has 0 unspecified atom stereocenters. The number of carbonyl (C=O) groups excluding carboxylic acids is 2. The minimum absolute atomic E-state index is 0.0235. The van der Waals surface area contributed by atoms with Crippen LogP contribution in [0.15, 0.2) is 12.2 Å². The van der Waals surface area contributed by atoms with Crippen LogP contribution < -0.4 is 0 Å². The van der Waals surface area contributed by atoms with E-state index < -0.39 is 30.4 Å². The van der Waals surface area contributed by atoms with Gasteiger partial charge in [0.05, 0.1) is 6.61 Å². The molecule has 0 aromatic heterocycles. The van der Waals surface area contributed by atoms with Gasteiger partial charge >= 0.3 is 11.9 Å². The zero-order chi connectivity index (χ0) is 20.6. The Balaban J connectivity index is 2.16. The van der Waals surface area contributed by atoms with E-state index in [1.807, 2.05) is 0 Å². The van der Waals surface area contributed by atoms with E-state index in [0.29, 0.717) is 6.61 Å². The Morgan fingerprint density at radius 3 is 2.04 bits per heavy atom. The lowest BCUT2D eigenvalue weighted by Crippen LogP contribution is -2.42. The third-order valence-corrected chi connectivity index (χ3v) is 4.67. The van der Waals surface area contributed by atoms with Crippen LogP contribution in [0.5, 0.6) is 0 Å². The molecule has 28 heavy (non-hydrogen) atoms. The highest BCUT2D eigenvalue weighted by atomic mass is 16.7. The van der Waals surface area contributed by atoms with Crippen LogP contribution in [0.2, 0.25) is 0 Å². The van der Waals surface area contributed by atoms with Crippen molar-refractivity contribution in [3.63, 3.8) is 0 Å². The first-order chi connectivity index (χ1) is 13.5. The summed E-state index contributed by atoms with van der Waals surface area (Å²) in [5.41, 5.74) is 0. The number of carbonyl (C=O) groups is 2. The summed E-state index contributed by atoms with van der Waals surface area (Å²) in [6.07, 6.45) is 14.6. The second-order valence-electron chi connectivity index (χ2n) is 7.36. The average Bonchev–Trinajstić information content (AvgIpc) is 2.65. The van der Waals surface area contributed by atoms with Crippen molar-refractivity contribution in [3.8, 4) is 0 Å². The van der Waals surface area contributed by atoms with Crippen LogP contribution in [0.3, 0.4) is 0 Å². The smallest absolute Gasteiger partial charge is 0.303 e. The van der Waals surface area contributed by atoms with E-state index in [1.165, 1.54) is 65.2 Å². The molecule has 6 heteroatoms. The van der Waals surface area contributed by atoms with E-state index >= 15 is 0 Å². The summed E-state index contributed by atoms with van der Waals surface area (Å²) in [7, 11) is 0. The Kier molecular flexibility index (Phi) is 13.7. The standard InChI is InChI=1S/C22H38O6/c1-4-5-6-7-8-9-10-11-12-13-16-25-22-15-14-20(27-19(3)24)21(28-22)17-26-18(2)23/h14-15,20-22H,4-13,16-17H2,1-3H3/t20-,21+,22-/m0/s1. The van der Waals surface area contributed by atoms with Gasteiger partial charge in [-0.2, -0.15) is 0 Å². The first kappa shape index (κ1) is 24.6. The molecular weight excluding hydrogens is 360 g/mol. The number of rotatable bonds is 15. The minimum atomic E-state index is -0.575. The van der Waals surface area contributed by atoms with Crippen molar-refractivity contribution in [1.82, 2.24) is 0 Å². The highest BCUT2D eigenvalue weighted by Gasteiger charge is 2.30. The van der Waals surface area contributed by atoms with Crippen molar-refractivity contribution in [2.75, 3.05) is 13.2 Å². The summed E-state index contributed by atoms with van der Waals surface area (Å²) in [6, 6.07) is 0.